The van der Waals surface area contributed by atoms with Crippen molar-refractivity contribution in [2.45, 2.75) is 26.9 Å². The smallest absolute Gasteiger partial charge is 0.291 e. The number of rotatable bonds is 9. The van der Waals surface area contributed by atoms with E-state index in [2.05, 4.69) is 22.7 Å². The van der Waals surface area contributed by atoms with Crippen LogP contribution in [0.15, 0.2) is 96.4 Å². The minimum Gasteiger partial charge on any atom is -0.491 e. The summed E-state index contributed by atoms with van der Waals surface area (Å²) in [7, 11) is 0. The van der Waals surface area contributed by atoms with E-state index in [1.54, 1.807) is 6.08 Å². The third kappa shape index (κ3) is 5.46. The van der Waals surface area contributed by atoms with Gasteiger partial charge in [-0.3, -0.25) is 4.79 Å². The van der Waals surface area contributed by atoms with E-state index in [-0.39, 0.29) is 11.7 Å². The summed E-state index contributed by atoms with van der Waals surface area (Å²) in [6, 6.07) is 23.4. The van der Waals surface area contributed by atoms with Crippen LogP contribution in [-0.2, 0) is 0 Å². The highest BCUT2D eigenvalue weighted by Gasteiger charge is 2.16. The molecule has 0 saturated carbocycles. The van der Waals surface area contributed by atoms with Gasteiger partial charge < -0.3 is 9.47 Å². The number of fused-ring (bicyclic) bond motifs is 1. The fourth-order valence-electron chi connectivity index (χ4n) is 4.57. The van der Waals surface area contributed by atoms with Crippen molar-refractivity contribution in [3.8, 4) is 39.8 Å². The maximum atomic E-state index is 13.4. The fraction of sp³-hybridized carbons (Fsp3) is 0.152. The minimum atomic E-state index is -0.227. The lowest BCUT2D eigenvalue weighted by molar-refractivity contribution is 0.241. The first-order valence-corrected chi connectivity index (χ1v) is 14.4. The van der Waals surface area contributed by atoms with E-state index < -0.39 is 0 Å². The Morgan fingerprint density at radius 2 is 1.76 bits per heavy atom. The average Bonchev–Trinajstić information content (AvgIpc) is 3.68. The quantitative estimate of drug-likeness (QED) is 0.200. The molecule has 0 atom stereocenters. The molecule has 3 aromatic carbocycles. The molecule has 0 saturated heterocycles. The van der Waals surface area contributed by atoms with E-state index in [1.165, 1.54) is 15.9 Å². The van der Waals surface area contributed by atoms with E-state index in [4.69, 9.17) is 14.6 Å². The number of thiazole rings is 1. The summed E-state index contributed by atoms with van der Waals surface area (Å²) in [6.45, 7) is 10.1. The van der Waals surface area contributed by atoms with Crippen LogP contribution >= 0.6 is 11.3 Å². The molecule has 0 fully saturated rings. The van der Waals surface area contributed by atoms with Crippen molar-refractivity contribution < 1.29 is 9.47 Å². The van der Waals surface area contributed by atoms with Crippen molar-refractivity contribution in [1.82, 2.24) is 24.4 Å². The predicted octanol–water partition coefficient (Wildman–Crippen LogP) is 5.88. The average molecular weight is 576 g/mol. The molecule has 6 aromatic rings. The highest BCUT2D eigenvalue weighted by Crippen LogP contribution is 2.29. The van der Waals surface area contributed by atoms with Crippen LogP contribution in [0.5, 0.6) is 11.5 Å². The van der Waals surface area contributed by atoms with Crippen molar-refractivity contribution in [2.75, 3.05) is 6.61 Å². The zero-order chi connectivity index (χ0) is 29.2. The second-order valence-electron chi connectivity index (χ2n) is 10.0. The summed E-state index contributed by atoms with van der Waals surface area (Å²) >= 11 is 1.30. The van der Waals surface area contributed by atoms with Gasteiger partial charge in [-0.05, 0) is 87.0 Å². The van der Waals surface area contributed by atoms with Crippen LogP contribution in [0.1, 0.15) is 25.0 Å². The van der Waals surface area contributed by atoms with Gasteiger partial charge in [0.15, 0.2) is 5.82 Å². The molecule has 3 aromatic heterocycles. The normalized spacial score (nSPS) is 11.9. The molecule has 0 aliphatic heterocycles. The van der Waals surface area contributed by atoms with Crippen LogP contribution in [-0.4, -0.2) is 37.1 Å². The summed E-state index contributed by atoms with van der Waals surface area (Å²) in [6.07, 6.45) is 5.58. The van der Waals surface area contributed by atoms with Gasteiger partial charge in [0.05, 0.1) is 16.3 Å². The SMILES string of the molecule is C=CCOc1ccc(-c2nc3s/c(=C/c4cn(-c5ccccc5)nc4-c4ccc(OC(C)C)c(C)c4)c(=O)n3n2)cc1. The summed E-state index contributed by atoms with van der Waals surface area (Å²) < 4.78 is 15.2. The van der Waals surface area contributed by atoms with Gasteiger partial charge in [0.25, 0.3) is 5.56 Å². The zero-order valence-electron chi connectivity index (χ0n) is 23.5. The third-order valence-corrected chi connectivity index (χ3v) is 7.48. The van der Waals surface area contributed by atoms with Gasteiger partial charge in [0.2, 0.25) is 4.96 Å². The van der Waals surface area contributed by atoms with Crippen molar-refractivity contribution in [3.05, 3.63) is 118 Å². The van der Waals surface area contributed by atoms with Crippen molar-refractivity contribution in [1.29, 1.82) is 0 Å². The maximum absolute atomic E-state index is 13.4. The fourth-order valence-corrected chi connectivity index (χ4v) is 5.46. The van der Waals surface area contributed by atoms with Gasteiger partial charge in [0, 0.05) is 22.9 Å². The molecular formula is C33H29N5O3S. The number of aromatic nitrogens is 5. The Balaban J connectivity index is 1.40. The zero-order valence-corrected chi connectivity index (χ0v) is 24.3. The van der Waals surface area contributed by atoms with Crippen molar-refractivity contribution >= 4 is 22.4 Å². The number of nitrogens with zero attached hydrogens (tertiary/aromatic N) is 5. The van der Waals surface area contributed by atoms with E-state index >= 15 is 0 Å². The molecule has 8 nitrogen and oxygen atoms in total. The molecule has 0 unspecified atom stereocenters. The first-order valence-electron chi connectivity index (χ1n) is 13.6. The Labute approximate surface area is 246 Å². The van der Waals surface area contributed by atoms with E-state index in [0.29, 0.717) is 21.9 Å². The summed E-state index contributed by atoms with van der Waals surface area (Å²) in [5.74, 6) is 2.05. The van der Waals surface area contributed by atoms with Gasteiger partial charge in [-0.2, -0.15) is 14.6 Å². The van der Waals surface area contributed by atoms with E-state index in [9.17, 15) is 4.79 Å². The molecule has 0 spiro atoms. The van der Waals surface area contributed by atoms with Crippen molar-refractivity contribution in [3.63, 3.8) is 0 Å². The van der Waals surface area contributed by atoms with Crippen LogP contribution in [0.25, 0.3) is 39.4 Å². The van der Waals surface area contributed by atoms with Gasteiger partial charge in [-0.15, -0.1) is 5.10 Å². The number of hydrogen-bond donors (Lipinski definition) is 0. The maximum Gasteiger partial charge on any atom is 0.291 e. The monoisotopic (exact) mass is 575 g/mol. The van der Waals surface area contributed by atoms with Crippen LogP contribution in [0.4, 0.5) is 0 Å². The first-order chi connectivity index (χ1) is 20.4. The largest absolute Gasteiger partial charge is 0.491 e. The Hall–Kier alpha value is -5.02. The molecule has 0 aliphatic rings. The van der Waals surface area contributed by atoms with E-state index in [0.717, 1.165) is 45.1 Å². The second-order valence-corrected chi connectivity index (χ2v) is 11.0. The molecule has 0 N–H and O–H groups in total. The number of benzene rings is 3. The highest BCUT2D eigenvalue weighted by atomic mass is 32.1. The second kappa shape index (κ2) is 11.5. The molecule has 0 radical (unpaired) electrons. The van der Waals surface area contributed by atoms with Crippen LogP contribution in [0.2, 0.25) is 0 Å². The van der Waals surface area contributed by atoms with Gasteiger partial charge in [-0.25, -0.2) is 4.68 Å². The van der Waals surface area contributed by atoms with Crippen LogP contribution < -0.4 is 19.6 Å². The Bertz CT molecular complexity index is 1990. The lowest BCUT2D eigenvalue weighted by Crippen LogP contribution is -2.23. The molecule has 3 heterocycles. The molecule has 0 aliphatic carbocycles. The third-order valence-electron chi connectivity index (χ3n) is 6.52. The van der Waals surface area contributed by atoms with Crippen molar-refractivity contribution in [2.24, 2.45) is 0 Å². The summed E-state index contributed by atoms with van der Waals surface area (Å²) in [5.41, 5.74) is 5.01. The number of para-hydroxylation sites is 1. The first kappa shape index (κ1) is 27.2. The molecule has 210 valence electrons. The van der Waals surface area contributed by atoms with Crippen LogP contribution in [0, 0.1) is 6.92 Å². The lowest BCUT2D eigenvalue weighted by Gasteiger charge is -2.13. The molecule has 6 rings (SSSR count). The van der Waals surface area contributed by atoms with Gasteiger partial charge >= 0.3 is 0 Å². The van der Waals surface area contributed by atoms with Gasteiger partial charge in [-0.1, -0.05) is 42.2 Å². The molecular weight excluding hydrogens is 546 g/mol. The number of hydrogen-bond acceptors (Lipinski definition) is 7. The Morgan fingerprint density at radius 1 is 1.00 bits per heavy atom. The molecule has 0 bridgehead atoms. The topological polar surface area (TPSA) is 83.5 Å². The minimum absolute atomic E-state index is 0.0776. The number of ether oxygens (including phenoxy) is 2. The summed E-state index contributed by atoms with van der Waals surface area (Å²) in [4.78, 5) is 18.6. The summed E-state index contributed by atoms with van der Waals surface area (Å²) in [5, 5.41) is 9.43. The van der Waals surface area contributed by atoms with E-state index in [1.807, 2.05) is 104 Å². The molecule has 0 amide bonds. The highest BCUT2D eigenvalue weighted by molar-refractivity contribution is 7.15. The van der Waals surface area contributed by atoms with Gasteiger partial charge in [0.1, 0.15) is 23.8 Å². The predicted molar refractivity (Wildman–Crippen MR) is 167 cm³/mol. The standard InChI is InChI=1S/C33H29N5O3S/c1-5-17-40-27-14-11-23(12-15-27)31-34-33-38(36-31)32(39)29(42-33)19-25-20-37(26-9-7-6-8-10-26)35-30(25)24-13-16-28(22(4)18-24)41-21(2)3/h5-16,18-21H,1,17H2,2-4H3/b29-19+. The molecule has 9 heteroatoms. The Morgan fingerprint density at radius 3 is 2.45 bits per heavy atom. The van der Waals surface area contributed by atoms with Crippen LogP contribution in [0.3, 0.4) is 0 Å². The lowest BCUT2D eigenvalue weighted by atomic mass is 10.0. The molecule has 42 heavy (non-hydrogen) atoms. The number of aryl methyl sites for hydroxylation is 1. The Kier molecular flexibility index (Phi) is 7.41.